The molecule has 84 valence electrons. The Labute approximate surface area is 111 Å². The Morgan fingerprint density at radius 1 is 1.33 bits per heavy atom. The summed E-state index contributed by atoms with van der Waals surface area (Å²) in [6, 6.07) is 0. The van der Waals surface area contributed by atoms with Gasteiger partial charge >= 0.3 is 6.36 Å². The minimum absolute atomic E-state index is 0.230. The van der Waals surface area contributed by atoms with E-state index in [0.717, 1.165) is 0 Å². The van der Waals surface area contributed by atoms with E-state index in [0.29, 0.717) is 12.7 Å². The number of hydrogen-bond acceptors (Lipinski definition) is 3. The van der Waals surface area contributed by atoms with Gasteiger partial charge in [-0.1, -0.05) is 0 Å². The fourth-order valence-electron chi connectivity index (χ4n) is 0.808. The van der Waals surface area contributed by atoms with Gasteiger partial charge in [-0.25, -0.2) is 4.98 Å². The van der Waals surface area contributed by atoms with E-state index in [9.17, 15) is 13.2 Å². The summed E-state index contributed by atoms with van der Waals surface area (Å²) in [5.74, 6) is -0.440. The van der Waals surface area contributed by atoms with Gasteiger partial charge < -0.3 is 10.5 Å². The van der Waals surface area contributed by atoms with E-state index in [-0.39, 0.29) is 6.54 Å². The Kier molecular flexibility index (Phi) is 4.40. The summed E-state index contributed by atoms with van der Waals surface area (Å²) >= 11 is 3.65. The van der Waals surface area contributed by atoms with Crippen molar-refractivity contribution >= 4 is 45.2 Å². The van der Waals surface area contributed by atoms with E-state index >= 15 is 0 Å². The van der Waals surface area contributed by atoms with Crippen LogP contribution in [0.1, 0.15) is 5.56 Å². The van der Waals surface area contributed by atoms with Crippen LogP contribution in [0.15, 0.2) is 6.20 Å². The highest BCUT2D eigenvalue weighted by molar-refractivity contribution is 14.1. The molecule has 1 heterocycles. The van der Waals surface area contributed by atoms with Gasteiger partial charge in [0.1, 0.15) is 0 Å². The van der Waals surface area contributed by atoms with Crippen LogP contribution in [0.2, 0.25) is 0 Å². The summed E-state index contributed by atoms with van der Waals surface area (Å²) in [5.41, 5.74) is 6.08. The van der Waals surface area contributed by atoms with Crippen LogP contribution in [0.5, 0.6) is 5.88 Å². The van der Waals surface area contributed by atoms with Crippen LogP contribution in [-0.2, 0) is 6.54 Å². The average Bonchev–Trinajstić information content (AvgIpc) is 2.11. The monoisotopic (exact) mass is 444 g/mol. The van der Waals surface area contributed by atoms with Crippen LogP contribution < -0.4 is 10.5 Å². The van der Waals surface area contributed by atoms with Crippen LogP contribution in [0.4, 0.5) is 13.2 Å². The molecule has 0 bridgehead atoms. The van der Waals surface area contributed by atoms with E-state index in [4.69, 9.17) is 5.73 Å². The van der Waals surface area contributed by atoms with Crippen molar-refractivity contribution < 1.29 is 17.9 Å². The number of nitrogens with two attached hydrogens (primary N) is 1. The molecule has 1 aromatic heterocycles. The van der Waals surface area contributed by atoms with Crippen molar-refractivity contribution in [3.63, 3.8) is 0 Å². The van der Waals surface area contributed by atoms with Crippen LogP contribution in [0, 0.1) is 7.14 Å². The molecule has 0 amide bonds. The molecule has 0 saturated carbocycles. The number of rotatable bonds is 2. The zero-order chi connectivity index (χ0) is 11.6. The summed E-state index contributed by atoms with van der Waals surface area (Å²) in [6.07, 6.45) is -3.44. The molecule has 3 nitrogen and oxygen atoms in total. The molecule has 0 aliphatic heterocycles. The first kappa shape index (κ1) is 13.2. The molecule has 0 aliphatic carbocycles. The third-order valence-electron chi connectivity index (χ3n) is 1.43. The number of alkyl halides is 3. The number of aromatic nitrogens is 1. The lowest BCUT2D eigenvalue weighted by molar-refractivity contribution is -0.276. The molecule has 15 heavy (non-hydrogen) atoms. The van der Waals surface area contributed by atoms with Gasteiger partial charge in [0.2, 0.25) is 5.88 Å². The van der Waals surface area contributed by atoms with Gasteiger partial charge in [-0.15, -0.1) is 13.2 Å². The number of ether oxygens (including phenoxy) is 1. The first-order valence-corrected chi connectivity index (χ1v) is 5.79. The highest BCUT2D eigenvalue weighted by Gasteiger charge is 2.33. The van der Waals surface area contributed by atoms with Gasteiger partial charge in [0.05, 0.1) is 3.57 Å². The number of halogens is 5. The van der Waals surface area contributed by atoms with E-state index in [1.54, 1.807) is 22.6 Å². The highest BCUT2D eigenvalue weighted by atomic mass is 127. The van der Waals surface area contributed by atoms with E-state index in [2.05, 4.69) is 9.72 Å². The molecule has 2 N–H and O–H groups in total. The Morgan fingerprint density at radius 2 is 1.93 bits per heavy atom. The molecular formula is C7H5F3I2N2O. The van der Waals surface area contributed by atoms with Crippen molar-refractivity contribution in [3.8, 4) is 5.88 Å². The van der Waals surface area contributed by atoms with Crippen molar-refractivity contribution in [3.05, 3.63) is 18.9 Å². The molecule has 0 saturated heterocycles. The molecule has 0 aromatic carbocycles. The second-order valence-electron chi connectivity index (χ2n) is 2.47. The Balaban J connectivity index is 3.07. The zero-order valence-electron chi connectivity index (χ0n) is 7.11. The Hall–Kier alpha value is 0.160. The number of nitrogens with zero attached hydrogens (tertiary/aromatic N) is 1. The lowest BCUT2D eigenvalue weighted by atomic mass is 10.3. The number of pyridine rings is 1. The largest absolute Gasteiger partial charge is 0.574 e. The molecule has 0 spiro atoms. The fourth-order valence-corrected chi connectivity index (χ4v) is 1.99. The summed E-state index contributed by atoms with van der Waals surface area (Å²) in [7, 11) is 0. The van der Waals surface area contributed by atoms with E-state index < -0.39 is 12.2 Å². The predicted molar refractivity (Wildman–Crippen MR) is 64.2 cm³/mol. The maximum atomic E-state index is 11.9. The molecule has 0 unspecified atom stereocenters. The van der Waals surface area contributed by atoms with Crippen LogP contribution in [0.25, 0.3) is 0 Å². The van der Waals surface area contributed by atoms with E-state index in [1.165, 1.54) is 6.20 Å². The van der Waals surface area contributed by atoms with Gasteiger partial charge in [0.15, 0.2) is 0 Å². The van der Waals surface area contributed by atoms with Gasteiger partial charge in [-0.3, -0.25) is 0 Å². The first-order valence-electron chi connectivity index (χ1n) is 3.64. The normalized spacial score (nSPS) is 11.6. The maximum Gasteiger partial charge on any atom is 0.574 e. The third kappa shape index (κ3) is 3.59. The topological polar surface area (TPSA) is 48.1 Å². The minimum atomic E-state index is -4.72. The smallest absolute Gasteiger partial charge is 0.387 e. The zero-order valence-corrected chi connectivity index (χ0v) is 11.4. The van der Waals surface area contributed by atoms with Gasteiger partial charge in [-0.2, -0.15) is 0 Å². The predicted octanol–water partition coefficient (Wildman–Crippen LogP) is 2.65. The van der Waals surface area contributed by atoms with Gasteiger partial charge in [0, 0.05) is 16.3 Å². The van der Waals surface area contributed by atoms with Crippen molar-refractivity contribution in [1.29, 1.82) is 0 Å². The molecule has 1 aromatic rings. The van der Waals surface area contributed by atoms with Crippen LogP contribution >= 0.6 is 45.2 Å². The van der Waals surface area contributed by atoms with Crippen LogP contribution in [0.3, 0.4) is 0 Å². The second-order valence-corrected chi connectivity index (χ2v) is 4.63. The maximum absolute atomic E-state index is 11.9. The van der Waals surface area contributed by atoms with E-state index in [1.807, 2.05) is 22.6 Å². The Morgan fingerprint density at radius 3 is 2.40 bits per heavy atom. The standard InChI is InChI=1S/C7H5F3I2N2O/c8-7(9,10)15-6-5(12)4(11)3(1-13)2-14-6/h2H,1,13H2. The van der Waals surface area contributed by atoms with Crippen molar-refractivity contribution in [2.24, 2.45) is 5.73 Å². The molecule has 0 aliphatic rings. The van der Waals surface area contributed by atoms with Crippen molar-refractivity contribution in [2.75, 3.05) is 0 Å². The fraction of sp³-hybridized carbons (Fsp3) is 0.286. The van der Waals surface area contributed by atoms with Crippen LogP contribution in [-0.4, -0.2) is 11.3 Å². The average molecular weight is 444 g/mol. The second kappa shape index (κ2) is 4.99. The molecular weight excluding hydrogens is 439 g/mol. The molecule has 8 heteroatoms. The van der Waals surface area contributed by atoms with Gasteiger partial charge in [0.25, 0.3) is 0 Å². The van der Waals surface area contributed by atoms with Crippen molar-refractivity contribution in [2.45, 2.75) is 12.9 Å². The quantitative estimate of drug-likeness (QED) is 0.715. The first-order chi connectivity index (χ1) is 6.85. The Bertz CT molecular complexity index is 370. The molecule has 0 atom stereocenters. The molecule has 0 fully saturated rings. The summed E-state index contributed by atoms with van der Waals surface area (Å²) in [4.78, 5) is 3.56. The summed E-state index contributed by atoms with van der Waals surface area (Å²) < 4.78 is 40.5. The summed E-state index contributed by atoms with van der Waals surface area (Å²) in [5, 5.41) is 0. The minimum Gasteiger partial charge on any atom is -0.387 e. The molecule has 1 rings (SSSR count). The van der Waals surface area contributed by atoms with Crippen molar-refractivity contribution in [1.82, 2.24) is 4.98 Å². The lowest BCUT2D eigenvalue weighted by Gasteiger charge is -2.11. The van der Waals surface area contributed by atoms with Gasteiger partial charge in [-0.05, 0) is 50.7 Å². The number of hydrogen-bond donors (Lipinski definition) is 1. The summed E-state index contributed by atoms with van der Waals surface area (Å²) in [6.45, 7) is 0.230. The SMILES string of the molecule is NCc1cnc(OC(F)(F)F)c(I)c1I. The lowest BCUT2D eigenvalue weighted by Crippen LogP contribution is -2.19. The molecule has 0 radical (unpaired) electrons. The highest BCUT2D eigenvalue weighted by Crippen LogP contribution is 2.30. The third-order valence-corrected chi connectivity index (χ3v) is 4.70.